The third-order valence-corrected chi connectivity index (χ3v) is 4.93. The van der Waals surface area contributed by atoms with Gasteiger partial charge in [0.1, 0.15) is 0 Å². The molecule has 1 amide bonds. The van der Waals surface area contributed by atoms with Crippen LogP contribution >= 0.6 is 0 Å². The number of carbonyl (C=O) groups excluding carboxylic acids is 1. The number of rotatable bonds is 0. The van der Waals surface area contributed by atoms with E-state index in [0.29, 0.717) is 6.04 Å². The lowest BCUT2D eigenvalue weighted by Gasteiger charge is -2.39. The van der Waals surface area contributed by atoms with Gasteiger partial charge in [-0.25, -0.2) is 0 Å². The van der Waals surface area contributed by atoms with Crippen LogP contribution in [0.15, 0.2) is 18.2 Å². The van der Waals surface area contributed by atoms with E-state index < -0.39 is 0 Å². The summed E-state index contributed by atoms with van der Waals surface area (Å²) < 4.78 is 2.47. The molecule has 0 spiro atoms. The van der Waals surface area contributed by atoms with Gasteiger partial charge in [-0.1, -0.05) is 11.6 Å². The lowest BCUT2D eigenvalue weighted by Crippen LogP contribution is -2.42. The molecule has 1 aromatic carbocycles. The molecule has 2 aliphatic rings. The molecule has 104 valence electrons. The molecular formula is C17H20N2O. The fourth-order valence-corrected chi connectivity index (χ4v) is 4.10. The largest absolute Gasteiger partial charge is 0.341 e. The van der Waals surface area contributed by atoms with Gasteiger partial charge in [-0.2, -0.15) is 0 Å². The Morgan fingerprint density at radius 2 is 2.15 bits per heavy atom. The Hall–Kier alpha value is -1.77. The van der Waals surface area contributed by atoms with E-state index >= 15 is 0 Å². The summed E-state index contributed by atoms with van der Waals surface area (Å²) in [5.41, 5.74) is 5.59. The molecule has 1 aliphatic heterocycles. The van der Waals surface area contributed by atoms with Gasteiger partial charge in [0.15, 0.2) is 0 Å². The van der Waals surface area contributed by atoms with Crippen LogP contribution in [0.2, 0.25) is 0 Å². The predicted octanol–water partition coefficient (Wildman–Crippen LogP) is 3.19. The van der Waals surface area contributed by atoms with Gasteiger partial charge >= 0.3 is 0 Å². The average Bonchev–Trinajstić information content (AvgIpc) is 2.75. The summed E-state index contributed by atoms with van der Waals surface area (Å²) in [5.74, 6) is 0.218. The highest BCUT2D eigenvalue weighted by molar-refractivity contribution is 5.87. The highest BCUT2D eigenvalue weighted by atomic mass is 16.2. The minimum atomic E-state index is 0.218. The first-order valence-corrected chi connectivity index (χ1v) is 7.55. The second-order valence-electron chi connectivity index (χ2n) is 6.16. The summed E-state index contributed by atoms with van der Waals surface area (Å²) in [6, 6.07) is 7.07. The van der Waals surface area contributed by atoms with Crippen molar-refractivity contribution in [1.29, 1.82) is 0 Å². The molecule has 2 aromatic rings. The van der Waals surface area contributed by atoms with E-state index in [0.717, 1.165) is 25.9 Å². The standard InChI is InChI=1S/C17H20N2O/c1-11-6-7-15-14(10-11)13-4-3-5-16-17(13)19(15)9-8-18(16)12(2)20/h6-7,10,16H,3-5,8-9H2,1-2H3/t16-/m0/s1. The topological polar surface area (TPSA) is 25.2 Å². The smallest absolute Gasteiger partial charge is 0.220 e. The Morgan fingerprint density at radius 3 is 2.95 bits per heavy atom. The minimum Gasteiger partial charge on any atom is -0.341 e. The van der Waals surface area contributed by atoms with Gasteiger partial charge in [-0.15, -0.1) is 0 Å². The molecule has 2 heterocycles. The predicted molar refractivity (Wildman–Crippen MR) is 79.7 cm³/mol. The van der Waals surface area contributed by atoms with Gasteiger partial charge in [-0.05, 0) is 43.9 Å². The maximum atomic E-state index is 11.9. The van der Waals surface area contributed by atoms with Crippen LogP contribution in [0.3, 0.4) is 0 Å². The number of aromatic nitrogens is 1. The quantitative estimate of drug-likeness (QED) is 0.720. The fraction of sp³-hybridized carbons (Fsp3) is 0.471. The van der Waals surface area contributed by atoms with Gasteiger partial charge < -0.3 is 9.47 Å². The van der Waals surface area contributed by atoms with E-state index in [1.54, 1.807) is 6.92 Å². The SMILES string of the molecule is CC(=O)N1CCn2c3c(c4cc(C)ccc42)CCC[C@@H]31. The first kappa shape index (κ1) is 12.0. The number of nitrogens with zero attached hydrogens (tertiary/aromatic N) is 2. The van der Waals surface area contributed by atoms with Gasteiger partial charge in [-0.3, -0.25) is 4.79 Å². The van der Waals surface area contributed by atoms with E-state index in [-0.39, 0.29) is 5.91 Å². The van der Waals surface area contributed by atoms with Crippen molar-refractivity contribution in [3.8, 4) is 0 Å². The molecule has 0 bridgehead atoms. The van der Waals surface area contributed by atoms with Gasteiger partial charge in [0.05, 0.1) is 6.04 Å². The first-order valence-electron chi connectivity index (χ1n) is 7.55. The molecule has 3 nitrogen and oxygen atoms in total. The molecule has 20 heavy (non-hydrogen) atoms. The van der Waals surface area contributed by atoms with Crippen LogP contribution in [0.4, 0.5) is 0 Å². The number of carbonyl (C=O) groups is 1. The van der Waals surface area contributed by atoms with Gasteiger partial charge in [0.25, 0.3) is 0 Å². The fourth-order valence-electron chi connectivity index (χ4n) is 4.10. The third kappa shape index (κ3) is 1.49. The number of hydrogen-bond acceptors (Lipinski definition) is 1. The molecule has 1 aliphatic carbocycles. The Morgan fingerprint density at radius 1 is 1.30 bits per heavy atom. The molecule has 3 heteroatoms. The number of amides is 1. The molecule has 1 aromatic heterocycles. The van der Waals surface area contributed by atoms with Crippen LogP contribution in [0.1, 0.15) is 42.6 Å². The van der Waals surface area contributed by atoms with Crippen molar-refractivity contribution >= 4 is 16.8 Å². The van der Waals surface area contributed by atoms with Crippen molar-refractivity contribution < 1.29 is 4.79 Å². The summed E-state index contributed by atoms with van der Waals surface area (Å²) in [4.78, 5) is 14.0. The Bertz CT molecular complexity index is 713. The maximum Gasteiger partial charge on any atom is 0.220 e. The van der Waals surface area contributed by atoms with Crippen molar-refractivity contribution in [2.45, 2.75) is 45.7 Å². The number of aryl methyl sites for hydroxylation is 2. The monoisotopic (exact) mass is 268 g/mol. The molecule has 0 unspecified atom stereocenters. The van der Waals surface area contributed by atoms with Crippen LogP contribution in [0.5, 0.6) is 0 Å². The zero-order valence-electron chi connectivity index (χ0n) is 12.1. The summed E-state index contributed by atoms with van der Waals surface area (Å²) in [6.45, 7) is 5.65. The average molecular weight is 268 g/mol. The van der Waals surface area contributed by atoms with Crippen LogP contribution in [0, 0.1) is 6.92 Å². The second kappa shape index (κ2) is 4.11. The van der Waals surface area contributed by atoms with Crippen LogP contribution in [-0.4, -0.2) is 21.9 Å². The van der Waals surface area contributed by atoms with Gasteiger partial charge in [0, 0.05) is 36.6 Å². The van der Waals surface area contributed by atoms with Crippen molar-refractivity contribution in [2.75, 3.05) is 6.54 Å². The van der Waals surface area contributed by atoms with Crippen molar-refractivity contribution in [1.82, 2.24) is 9.47 Å². The highest BCUT2D eigenvalue weighted by Crippen LogP contribution is 2.42. The molecule has 0 fully saturated rings. The second-order valence-corrected chi connectivity index (χ2v) is 6.16. The van der Waals surface area contributed by atoms with Crippen molar-refractivity contribution in [2.24, 2.45) is 0 Å². The van der Waals surface area contributed by atoms with E-state index in [1.807, 2.05) is 0 Å². The minimum absolute atomic E-state index is 0.218. The lowest BCUT2D eigenvalue weighted by molar-refractivity contribution is -0.132. The van der Waals surface area contributed by atoms with E-state index in [4.69, 9.17) is 0 Å². The zero-order valence-corrected chi connectivity index (χ0v) is 12.1. The zero-order chi connectivity index (χ0) is 13.9. The van der Waals surface area contributed by atoms with Crippen LogP contribution in [0.25, 0.3) is 10.9 Å². The van der Waals surface area contributed by atoms with E-state index in [1.165, 1.54) is 34.1 Å². The molecule has 4 rings (SSSR count). The van der Waals surface area contributed by atoms with Gasteiger partial charge in [0.2, 0.25) is 5.91 Å². The molecule has 1 atom stereocenters. The Kier molecular flexibility index (Phi) is 2.47. The Balaban J connectivity index is 2.00. The summed E-state index contributed by atoms with van der Waals surface area (Å²) >= 11 is 0. The lowest BCUT2D eigenvalue weighted by atomic mass is 9.89. The summed E-state index contributed by atoms with van der Waals surface area (Å²) in [7, 11) is 0. The van der Waals surface area contributed by atoms with Crippen molar-refractivity contribution in [3.63, 3.8) is 0 Å². The molecule has 0 saturated carbocycles. The molecule has 0 saturated heterocycles. The number of fused-ring (bicyclic) bond motifs is 3. The van der Waals surface area contributed by atoms with Crippen LogP contribution < -0.4 is 0 Å². The first-order chi connectivity index (χ1) is 9.66. The van der Waals surface area contributed by atoms with E-state index in [9.17, 15) is 4.79 Å². The third-order valence-electron chi connectivity index (χ3n) is 4.93. The molecular weight excluding hydrogens is 248 g/mol. The normalized spacial score (nSPS) is 21.1. The van der Waals surface area contributed by atoms with Crippen molar-refractivity contribution in [3.05, 3.63) is 35.0 Å². The maximum absolute atomic E-state index is 11.9. The number of benzene rings is 1. The summed E-state index contributed by atoms with van der Waals surface area (Å²) in [5, 5.41) is 1.41. The number of hydrogen-bond donors (Lipinski definition) is 0. The highest BCUT2D eigenvalue weighted by Gasteiger charge is 2.35. The molecule has 0 radical (unpaired) electrons. The van der Waals surface area contributed by atoms with E-state index in [2.05, 4.69) is 34.6 Å². The summed E-state index contributed by atoms with van der Waals surface area (Å²) in [6.07, 6.45) is 3.46. The molecule has 0 N–H and O–H groups in total. The Labute approximate surface area is 119 Å². The van der Waals surface area contributed by atoms with Crippen LogP contribution in [-0.2, 0) is 17.8 Å².